The second-order valence-electron chi connectivity index (χ2n) is 6.30. The predicted molar refractivity (Wildman–Crippen MR) is 78.6 cm³/mol. The summed E-state index contributed by atoms with van der Waals surface area (Å²) in [5.74, 6) is -0.0807. The van der Waals surface area contributed by atoms with Crippen LogP contribution in [-0.2, 0) is 16.0 Å². The highest BCUT2D eigenvalue weighted by atomic mass is 16.5. The van der Waals surface area contributed by atoms with E-state index in [1.807, 2.05) is 24.3 Å². The molecule has 20 heavy (non-hydrogen) atoms. The maximum absolute atomic E-state index is 12.0. The van der Waals surface area contributed by atoms with Crippen molar-refractivity contribution in [2.24, 2.45) is 0 Å². The number of hydrogen-bond donors (Lipinski definition) is 0. The number of aryl methyl sites for hydroxylation is 1. The minimum atomic E-state index is -0.0807. The second kappa shape index (κ2) is 5.57. The highest BCUT2D eigenvalue weighted by Gasteiger charge is 2.39. The molecule has 2 bridgehead atoms. The van der Waals surface area contributed by atoms with Crippen molar-refractivity contribution in [3.05, 3.63) is 35.4 Å². The fraction of sp³-hybridized carbons (Fsp3) is 0.588. The van der Waals surface area contributed by atoms with E-state index in [-0.39, 0.29) is 12.1 Å². The summed E-state index contributed by atoms with van der Waals surface area (Å²) < 4.78 is 5.69. The number of carbonyl (C=O) groups excluding carboxylic acids is 1. The third kappa shape index (κ3) is 2.88. The van der Waals surface area contributed by atoms with E-state index in [0.29, 0.717) is 18.5 Å². The van der Waals surface area contributed by atoms with Gasteiger partial charge < -0.3 is 9.64 Å². The van der Waals surface area contributed by atoms with E-state index in [9.17, 15) is 4.79 Å². The molecule has 3 heteroatoms. The summed E-state index contributed by atoms with van der Waals surface area (Å²) in [5, 5.41) is 0. The van der Waals surface area contributed by atoms with Gasteiger partial charge in [-0.3, -0.25) is 4.79 Å². The zero-order chi connectivity index (χ0) is 14.1. The summed E-state index contributed by atoms with van der Waals surface area (Å²) in [7, 11) is 2.20. The van der Waals surface area contributed by atoms with E-state index >= 15 is 0 Å². The molecular weight excluding hydrogens is 250 g/mol. The number of piperidine rings is 1. The van der Waals surface area contributed by atoms with Crippen LogP contribution in [0.15, 0.2) is 24.3 Å². The van der Waals surface area contributed by atoms with Crippen LogP contribution in [0.1, 0.15) is 36.8 Å². The molecular formula is C17H23NO2. The first-order chi connectivity index (χ1) is 9.61. The summed E-state index contributed by atoms with van der Waals surface area (Å²) in [5.41, 5.74) is 2.26. The Balaban J connectivity index is 1.53. The van der Waals surface area contributed by atoms with Crippen molar-refractivity contribution in [1.82, 2.24) is 4.90 Å². The van der Waals surface area contributed by atoms with E-state index in [1.165, 1.54) is 18.4 Å². The monoisotopic (exact) mass is 273 g/mol. The molecule has 0 aromatic heterocycles. The zero-order valence-corrected chi connectivity index (χ0v) is 12.3. The lowest BCUT2D eigenvalue weighted by Crippen LogP contribution is -2.43. The van der Waals surface area contributed by atoms with Crippen LogP contribution in [0.4, 0.5) is 0 Å². The van der Waals surface area contributed by atoms with Crippen molar-refractivity contribution in [3.63, 3.8) is 0 Å². The normalized spacial score (nSPS) is 29.4. The quantitative estimate of drug-likeness (QED) is 0.793. The Morgan fingerprint density at radius 2 is 1.80 bits per heavy atom. The zero-order valence-electron chi connectivity index (χ0n) is 12.3. The Morgan fingerprint density at radius 3 is 2.40 bits per heavy atom. The summed E-state index contributed by atoms with van der Waals surface area (Å²) >= 11 is 0. The molecule has 2 saturated heterocycles. The number of ether oxygens (including phenoxy) is 1. The standard InChI is InChI=1S/C17H23NO2/c1-12-3-5-13(6-4-12)9-17(19)20-16-10-14-7-8-15(11-16)18(14)2/h3-6,14-16H,7-11H2,1-2H3. The summed E-state index contributed by atoms with van der Waals surface area (Å²) in [6.07, 6.45) is 5.04. The third-order valence-electron chi connectivity index (χ3n) is 4.82. The van der Waals surface area contributed by atoms with Crippen molar-refractivity contribution in [1.29, 1.82) is 0 Å². The van der Waals surface area contributed by atoms with Gasteiger partial charge in [-0.25, -0.2) is 0 Å². The SMILES string of the molecule is Cc1ccc(CC(=O)OC2CC3CCC(C2)N3C)cc1. The Bertz CT molecular complexity index is 468. The fourth-order valence-electron chi connectivity index (χ4n) is 3.56. The summed E-state index contributed by atoms with van der Waals surface area (Å²) in [4.78, 5) is 14.5. The van der Waals surface area contributed by atoms with Crippen LogP contribution in [0.3, 0.4) is 0 Å². The minimum absolute atomic E-state index is 0.0807. The molecule has 3 rings (SSSR count). The molecule has 0 amide bonds. The molecule has 2 atom stereocenters. The Hall–Kier alpha value is -1.35. The first-order valence-corrected chi connectivity index (χ1v) is 7.59. The van der Waals surface area contributed by atoms with Crippen LogP contribution in [0, 0.1) is 6.92 Å². The van der Waals surface area contributed by atoms with Crippen molar-refractivity contribution in [2.45, 2.75) is 57.2 Å². The van der Waals surface area contributed by atoms with Gasteiger partial charge >= 0.3 is 5.97 Å². The van der Waals surface area contributed by atoms with E-state index < -0.39 is 0 Å². The molecule has 1 aromatic carbocycles. The maximum Gasteiger partial charge on any atom is 0.310 e. The Labute approximate surface area is 120 Å². The van der Waals surface area contributed by atoms with E-state index in [1.54, 1.807) is 0 Å². The summed E-state index contributed by atoms with van der Waals surface area (Å²) in [6.45, 7) is 2.05. The number of benzene rings is 1. The molecule has 108 valence electrons. The average Bonchev–Trinajstić information content (AvgIpc) is 2.64. The molecule has 0 spiro atoms. The van der Waals surface area contributed by atoms with Crippen LogP contribution in [0.25, 0.3) is 0 Å². The molecule has 2 unspecified atom stereocenters. The lowest BCUT2D eigenvalue weighted by atomic mass is 10.0. The van der Waals surface area contributed by atoms with E-state index in [2.05, 4.69) is 18.9 Å². The minimum Gasteiger partial charge on any atom is -0.462 e. The number of rotatable bonds is 3. The molecule has 3 nitrogen and oxygen atoms in total. The lowest BCUT2D eigenvalue weighted by molar-refractivity contribution is -0.151. The van der Waals surface area contributed by atoms with Crippen molar-refractivity contribution in [3.8, 4) is 0 Å². The first kappa shape index (κ1) is 13.6. The first-order valence-electron chi connectivity index (χ1n) is 7.59. The largest absolute Gasteiger partial charge is 0.462 e. The van der Waals surface area contributed by atoms with Gasteiger partial charge in [-0.1, -0.05) is 29.8 Å². The van der Waals surface area contributed by atoms with Crippen LogP contribution < -0.4 is 0 Å². The lowest BCUT2D eigenvalue weighted by Gasteiger charge is -2.35. The molecule has 2 aliphatic heterocycles. The highest BCUT2D eigenvalue weighted by molar-refractivity contribution is 5.72. The van der Waals surface area contributed by atoms with Gasteiger partial charge in [0.05, 0.1) is 6.42 Å². The van der Waals surface area contributed by atoms with E-state index in [4.69, 9.17) is 4.74 Å². The van der Waals surface area contributed by atoms with Crippen molar-refractivity contribution < 1.29 is 9.53 Å². The number of nitrogens with zero attached hydrogens (tertiary/aromatic N) is 1. The van der Waals surface area contributed by atoms with Gasteiger partial charge in [0.25, 0.3) is 0 Å². The predicted octanol–water partition coefficient (Wildman–Crippen LogP) is 2.71. The van der Waals surface area contributed by atoms with Crippen LogP contribution in [0.5, 0.6) is 0 Å². The molecule has 0 N–H and O–H groups in total. The van der Waals surface area contributed by atoms with Gasteiger partial charge in [-0.2, -0.15) is 0 Å². The molecule has 0 radical (unpaired) electrons. The van der Waals surface area contributed by atoms with Crippen LogP contribution >= 0.6 is 0 Å². The van der Waals surface area contributed by atoms with Gasteiger partial charge in [-0.05, 0) is 45.2 Å². The molecule has 2 heterocycles. The topological polar surface area (TPSA) is 29.5 Å². The van der Waals surface area contributed by atoms with Gasteiger partial charge in [0, 0.05) is 12.1 Å². The molecule has 2 fully saturated rings. The van der Waals surface area contributed by atoms with Gasteiger partial charge in [0.2, 0.25) is 0 Å². The second-order valence-corrected chi connectivity index (χ2v) is 6.30. The van der Waals surface area contributed by atoms with Crippen LogP contribution in [-0.4, -0.2) is 36.1 Å². The van der Waals surface area contributed by atoms with Gasteiger partial charge in [0.15, 0.2) is 0 Å². The number of esters is 1. The Kier molecular flexibility index (Phi) is 3.79. The average molecular weight is 273 g/mol. The fourth-order valence-corrected chi connectivity index (χ4v) is 3.56. The van der Waals surface area contributed by atoms with Crippen molar-refractivity contribution >= 4 is 5.97 Å². The number of carbonyl (C=O) groups is 1. The molecule has 1 aromatic rings. The van der Waals surface area contributed by atoms with Crippen molar-refractivity contribution in [2.75, 3.05) is 7.05 Å². The number of hydrogen-bond acceptors (Lipinski definition) is 3. The molecule has 2 aliphatic rings. The Morgan fingerprint density at radius 1 is 1.20 bits per heavy atom. The number of fused-ring (bicyclic) bond motifs is 2. The van der Waals surface area contributed by atoms with Gasteiger partial charge in [-0.15, -0.1) is 0 Å². The van der Waals surface area contributed by atoms with Gasteiger partial charge in [0.1, 0.15) is 6.10 Å². The smallest absolute Gasteiger partial charge is 0.310 e. The summed E-state index contributed by atoms with van der Waals surface area (Å²) in [6, 6.07) is 9.33. The molecule has 0 saturated carbocycles. The molecule has 0 aliphatic carbocycles. The third-order valence-corrected chi connectivity index (χ3v) is 4.82. The van der Waals surface area contributed by atoms with E-state index in [0.717, 1.165) is 18.4 Å². The highest BCUT2D eigenvalue weighted by Crippen LogP contribution is 2.35. The maximum atomic E-state index is 12.0. The van der Waals surface area contributed by atoms with Crippen LogP contribution in [0.2, 0.25) is 0 Å².